The van der Waals surface area contributed by atoms with Crippen molar-refractivity contribution in [1.29, 1.82) is 0 Å². The van der Waals surface area contributed by atoms with Gasteiger partial charge in [0.05, 0.1) is 17.7 Å². The molecule has 0 bridgehead atoms. The van der Waals surface area contributed by atoms with Crippen molar-refractivity contribution in [3.05, 3.63) is 79.8 Å². The number of nitrogens with zero attached hydrogens (tertiary/aromatic N) is 4. The summed E-state index contributed by atoms with van der Waals surface area (Å²) in [4.78, 5) is 56.9. The first-order chi connectivity index (χ1) is 20.8. The molecular weight excluding hydrogens is 589 g/mol. The number of methoxy groups -OCH3 is 1. The number of carbonyl (C=O) groups is 2. The Hall–Kier alpha value is -4.12. The number of rotatable bonds is 6. The summed E-state index contributed by atoms with van der Waals surface area (Å²) >= 11 is 6.18. The number of ether oxygens (including phenoxy) is 1. The van der Waals surface area contributed by atoms with Gasteiger partial charge in [0.1, 0.15) is 18.1 Å². The van der Waals surface area contributed by atoms with E-state index in [2.05, 4.69) is 19.2 Å². The van der Waals surface area contributed by atoms with Crippen LogP contribution in [0.1, 0.15) is 52.1 Å². The third-order valence-corrected chi connectivity index (χ3v) is 8.92. The lowest BCUT2D eigenvalue weighted by Gasteiger charge is -2.40. The number of urea groups is 1. The Morgan fingerprint density at radius 2 is 1.82 bits per heavy atom. The summed E-state index contributed by atoms with van der Waals surface area (Å²) in [5.41, 5.74) is 0.328. The van der Waals surface area contributed by atoms with Crippen molar-refractivity contribution in [2.45, 2.75) is 64.6 Å². The quantitative estimate of drug-likeness (QED) is 0.421. The van der Waals surface area contributed by atoms with Gasteiger partial charge in [-0.25, -0.2) is 14.0 Å². The number of piperidine rings is 1. The number of carbonyl (C=O) groups excluding carboxylic acids is 2. The van der Waals surface area contributed by atoms with Gasteiger partial charge >= 0.3 is 11.7 Å². The van der Waals surface area contributed by atoms with Gasteiger partial charge in [-0.1, -0.05) is 37.6 Å². The minimum atomic E-state index is -0.693. The highest BCUT2D eigenvalue weighted by molar-refractivity contribution is 6.33. The lowest BCUT2D eigenvalue weighted by atomic mass is 9.82. The molecule has 12 heteroatoms. The van der Waals surface area contributed by atoms with Gasteiger partial charge in [0.25, 0.3) is 5.56 Å². The van der Waals surface area contributed by atoms with Crippen LogP contribution >= 0.6 is 11.6 Å². The van der Waals surface area contributed by atoms with Crippen LogP contribution < -0.4 is 21.3 Å². The number of benzene rings is 2. The average Bonchev–Trinajstić information content (AvgIpc) is 3.08. The second kappa shape index (κ2) is 12.1. The number of hydrogen-bond acceptors (Lipinski definition) is 5. The molecule has 2 aliphatic rings. The zero-order valence-corrected chi connectivity index (χ0v) is 26.3. The SMILES string of the molecule is COc1ccc2c(c1)C(C)(C)CN(C1CCN(C(=O)Cn3cc(-c4cccc(F)c4Cl)c(=O)n(C(C)C)c3=O)CC1)C(=O)N2. The largest absolute Gasteiger partial charge is 0.497 e. The maximum atomic E-state index is 14.2. The van der Waals surface area contributed by atoms with Gasteiger partial charge in [-0.2, -0.15) is 0 Å². The van der Waals surface area contributed by atoms with E-state index in [1.54, 1.807) is 25.9 Å². The molecule has 10 nitrogen and oxygen atoms in total. The van der Waals surface area contributed by atoms with Gasteiger partial charge < -0.3 is 19.9 Å². The van der Waals surface area contributed by atoms with E-state index < -0.39 is 23.1 Å². The standard InChI is InChI=1S/C32H37ClFN5O5/c1-19(2)39-29(41)23(22-7-6-8-25(34)28(22)33)16-37(31(39)43)17-27(40)36-13-11-20(12-14-36)38-18-32(3,4)24-15-21(44-5)9-10-26(24)35-30(38)42/h6-10,15-16,19-20H,11-14,17-18H2,1-5H3,(H,35,42). The second-order valence-electron chi connectivity index (χ2n) is 12.3. The molecule has 0 atom stereocenters. The van der Waals surface area contributed by atoms with Crippen molar-refractivity contribution in [2.75, 3.05) is 32.1 Å². The molecule has 0 radical (unpaired) electrons. The lowest BCUT2D eigenvalue weighted by Crippen LogP contribution is -2.52. The number of halogens is 2. The third kappa shape index (κ3) is 5.85. The van der Waals surface area contributed by atoms with Crippen molar-refractivity contribution in [3.63, 3.8) is 0 Å². The van der Waals surface area contributed by atoms with Crippen molar-refractivity contribution in [3.8, 4) is 16.9 Å². The minimum Gasteiger partial charge on any atom is -0.497 e. The normalized spacial score (nSPS) is 16.9. The Labute approximate surface area is 260 Å². The molecule has 0 aliphatic carbocycles. The Bertz CT molecular complexity index is 1720. The Kier molecular flexibility index (Phi) is 8.62. The van der Waals surface area contributed by atoms with Gasteiger partial charge in [0.2, 0.25) is 5.91 Å². The van der Waals surface area contributed by atoms with E-state index in [0.717, 1.165) is 21.6 Å². The molecule has 3 heterocycles. The van der Waals surface area contributed by atoms with E-state index in [9.17, 15) is 23.6 Å². The summed E-state index contributed by atoms with van der Waals surface area (Å²) in [6.45, 7) is 8.55. The predicted molar refractivity (Wildman–Crippen MR) is 167 cm³/mol. The molecular formula is C32H37ClFN5O5. The molecule has 44 heavy (non-hydrogen) atoms. The fourth-order valence-electron chi connectivity index (χ4n) is 6.14. The van der Waals surface area contributed by atoms with Gasteiger partial charge in [-0.3, -0.25) is 18.7 Å². The monoisotopic (exact) mass is 625 g/mol. The van der Waals surface area contributed by atoms with Crippen molar-refractivity contribution >= 4 is 29.2 Å². The fourth-order valence-corrected chi connectivity index (χ4v) is 6.37. The fraction of sp³-hybridized carbons (Fsp3) is 0.438. The van der Waals surface area contributed by atoms with E-state index in [0.29, 0.717) is 32.5 Å². The van der Waals surface area contributed by atoms with E-state index in [1.165, 1.54) is 29.0 Å². The molecule has 0 unspecified atom stereocenters. The van der Waals surface area contributed by atoms with E-state index in [4.69, 9.17) is 16.3 Å². The molecule has 234 valence electrons. The number of hydrogen-bond donors (Lipinski definition) is 1. The number of nitrogens with one attached hydrogen (secondary N) is 1. The topological polar surface area (TPSA) is 106 Å². The van der Waals surface area contributed by atoms with Gasteiger partial charge in [-0.05, 0) is 56.5 Å². The summed E-state index contributed by atoms with van der Waals surface area (Å²) < 4.78 is 21.9. The summed E-state index contributed by atoms with van der Waals surface area (Å²) in [5, 5.41) is 2.81. The first kappa shape index (κ1) is 31.3. The van der Waals surface area contributed by atoms with Crippen LogP contribution in [0.2, 0.25) is 5.02 Å². The smallest absolute Gasteiger partial charge is 0.331 e. The Balaban J connectivity index is 1.33. The molecule has 5 rings (SSSR count). The van der Waals surface area contributed by atoms with Crippen LogP contribution in [0.4, 0.5) is 14.9 Å². The van der Waals surface area contributed by atoms with E-state index in [1.807, 2.05) is 23.1 Å². The highest BCUT2D eigenvalue weighted by Gasteiger charge is 2.38. The van der Waals surface area contributed by atoms with Crippen LogP contribution in [-0.4, -0.2) is 63.7 Å². The van der Waals surface area contributed by atoms with Crippen LogP contribution in [0, 0.1) is 5.82 Å². The lowest BCUT2D eigenvalue weighted by molar-refractivity contribution is -0.133. The summed E-state index contributed by atoms with van der Waals surface area (Å²) in [7, 11) is 1.61. The maximum absolute atomic E-state index is 14.2. The molecule has 0 spiro atoms. The number of fused-ring (bicyclic) bond motifs is 1. The van der Waals surface area contributed by atoms with Gasteiger partial charge in [0, 0.05) is 54.6 Å². The molecule has 2 aliphatic heterocycles. The number of anilines is 1. The molecule has 1 saturated heterocycles. The zero-order valence-electron chi connectivity index (χ0n) is 25.5. The average molecular weight is 626 g/mol. The van der Waals surface area contributed by atoms with Gasteiger partial charge in [0.15, 0.2) is 0 Å². The first-order valence-electron chi connectivity index (χ1n) is 14.7. The van der Waals surface area contributed by atoms with Crippen LogP contribution in [0.15, 0.2) is 52.2 Å². The van der Waals surface area contributed by atoms with Gasteiger partial charge in [-0.15, -0.1) is 0 Å². The summed E-state index contributed by atoms with van der Waals surface area (Å²) in [6.07, 6.45) is 2.42. The number of amides is 3. The molecule has 2 aromatic carbocycles. The maximum Gasteiger partial charge on any atom is 0.331 e. The predicted octanol–water partition coefficient (Wildman–Crippen LogP) is 4.88. The Morgan fingerprint density at radius 3 is 2.48 bits per heavy atom. The van der Waals surface area contributed by atoms with Crippen LogP contribution in [-0.2, 0) is 16.8 Å². The molecule has 3 amide bonds. The molecule has 3 aromatic rings. The van der Waals surface area contributed by atoms with E-state index in [-0.39, 0.29) is 46.1 Å². The first-order valence-corrected chi connectivity index (χ1v) is 15.0. The second-order valence-corrected chi connectivity index (χ2v) is 12.7. The van der Waals surface area contributed by atoms with Crippen molar-refractivity contribution in [1.82, 2.24) is 18.9 Å². The highest BCUT2D eigenvalue weighted by Crippen LogP contribution is 2.37. The third-order valence-electron chi connectivity index (χ3n) is 8.53. The van der Waals surface area contributed by atoms with Crippen molar-refractivity contribution in [2.24, 2.45) is 0 Å². The molecule has 1 N–H and O–H groups in total. The van der Waals surface area contributed by atoms with Crippen LogP contribution in [0.3, 0.4) is 0 Å². The highest BCUT2D eigenvalue weighted by atomic mass is 35.5. The van der Waals surface area contributed by atoms with Crippen molar-refractivity contribution < 1.29 is 18.7 Å². The zero-order chi connectivity index (χ0) is 31.9. The number of likely N-dealkylation sites (tertiary alicyclic amines) is 1. The minimum absolute atomic E-state index is 0.0303. The Morgan fingerprint density at radius 1 is 1.11 bits per heavy atom. The molecule has 0 saturated carbocycles. The van der Waals surface area contributed by atoms with Crippen LogP contribution in [0.5, 0.6) is 5.75 Å². The number of aromatic nitrogens is 2. The molecule has 1 fully saturated rings. The van der Waals surface area contributed by atoms with E-state index >= 15 is 0 Å². The summed E-state index contributed by atoms with van der Waals surface area (Å²) in [6, 6.07) is 8.99. The van der Waals surface area contributed by atoms with Crippen LogP contribution in [0.25, 0.3) is 11.1 Å². The molecule has 1 aromatic heterocycles. The summed E-state index contributed by atoms with van der Waals surface area (Å²) in [5.74, 6) is -0.266.